The van der Waals surface area contributed by atoms with Gasteiger partial charge in [-0.25, -0.2) is 0 Å². The molecule has 0 heterocycles. The van der Waals surface area contributed by atoms with Gasteiger partial charge in [0.15, 0.2) is 0 Å². The van der Waals surface area contributed by atoms with Crippen molar-refractivity contribution in [3.63, 3.8) is 0 Å². The predicted molar refractivity (Wildman–Crippen MR) is 143 cm³/mol. The zero-order chi connectivity index (χ0) is 24.5. The molecule has 178 valence electrons. The molecule has 3 aromatic rings. The monoisotopic (exact) mass is 534 g/mol. The second-order valence-electron chi connectivity index (χ2n) is 7.70. The molecule has 8 heteroatoms. The molecule has 4 nitrogen and oxygen atoms in total. The third-order valence-electron chi connectivity index (χ3n) is 5.26. The van der Waals surface area contributed by atoms with Crippen LogP contribution in [0.5, 0.6) is 0 Å². The predicted octanol–water partition coefficient (Wildman–Crippen LogP) is 6.27. The maximum Gasteiger partial charge on any atom is 0.242 e. The number of thioether (sulfide) groups is 1. The molecule has 0 saturated carbocycles. The van der Waals surface area contributed by atoms with Crippen LogP contribution < -0.4 is 5.32 Å². The van der Waals surface area contributed by atoms with Gasteiger partial charge in [0.25, 0.3) is 0 Å². The first-order valence-electron chi connectivity index (χ1n) is 10.7. The number of benzene rings is 3. The number of halogens is 3. The summed E-state index contributed by atoms with van der Waals surface area (Å²) in [5.74, 6) is 0.391. The van der Waals surface area contributed by atoms with E-state index in [2.05, 4.69) is 5.32 Å². The standard InChI is InChI=1S/C26H25Cl3N2O2S/c1-30-26(33)24(13-18-6-3-2-4-7-18)31(15-19-8-5-9-21(27)12-19)25(32)17-34-16-20-10-11-22(28)14-23(20)29/h2-12,14,24H,13,15-17H2,1H3,(H,30,33)/t24-/m0/s1. The number of amides is 2. The van der Waals surface area contributed by atoms with Crippen LogP contribution in [0.1, 0.15) is 16.7 Å². The molecule has 0 aromatic heterocycles. The molecule has 0 aliphatic carbocycles. The van der Waals surface area contributed by atoms with E-state index in [-0.39, 0.29) is 24.1 Å². The van der Waals surface area contributed by atoms with Crippen molar-refractivity contribution in [1.82, 2.24) is 10.2 Å². The van der Waals surface area contributed by atoms with Crippen molar-refractivity contribution in [3.05, 3.63) is 105 Å². The summed E-state index contributed by atoms with van der Waals surface area (Å²) in [7, 11) is 1.58. The molecule has 2 amide bonds. The number of carbonyl (C=O) groups excluding carboxylic acids is 2. The molecule has 34 heavy (non-hydrogen) atoms. The number of likely N-dealkylation sites (N-methyl/N-ethyl adjacent to an activating group) is 1. The number of hydrogen-bond acceptors (Lipinski definition) is 3. The highest BCUT2D eigenvalue weighted by Crippen LogP contribution is 2.25. The Hall–Kier alpha value is -2.18. The smallest absolute Gasteiger partial charge is 0.242 e. The fourth-order valence-corrected chi connectivity index (χ4v) is 5.20. The Bertz CT molecular complexity index is 1130. The van der Waals surface area contributed by atoms with E-state index < -0.39 is 6.04 Å². The summed E-state index contributed by atoms with van der Waals surface area (Å²) >= 11 is 19.9. The first-order chi connectivity index (χ1) is 16.4. The van der Waals surface area contributed by atoms with Gasteiger partial charge in [-0.3, -0.25) is 9.59 Å². The lowest BCUT2D eigenvalue weighted by molar-refractivity contribution is -0.139. The molecule has 1 N–H and O–H groups in total. The zero-order valence-corrected chi connectivity index (χ0v) is 21.7. The van der Waals surface area contributed by atoms with Gasteiger partial charge in [-0.05, 0) is 41.0 Å². The van der Waals surface area contributed by atoms with E-state index in [9.17, 15) is 9.59 Å². The fraction of sp³-hybridized carbons (Fsp3) is 0.231. The lowest BCUT2D eigenvalue weighted by atomic mass is 10.0. The van der Waals surface area contributed by atoms with E-state index in [0.717, 1.165) is 16.7 Å². The van der Waals surface area contributed by atoms with Crippen LogP contribution in [0.3, 0.4) is 0 Å². The molecule has 0 bridgehead atoms. The molecule has 0 unspecified atom stereocenters. The van der Waals surface area contributed by atoms with Crippen LogP contribution in [0.2, 0.25) is 15.1 Å². The van der Waals surface area contributed by atoms with Crippen LogP contribution in [0.25, 0.3) is 0 Å². The maximum absolute atomic E-state index is 13.5. The molecule has 3 rings (SSSR count). The summed E-state index contributed by atoms with van der Waals surface area (Å²) in [6.45, 7) is 0.270. The van der Waals surface area contributed by atoms with Gasteiger partial charge in [0.1, 0.15) is 6.04 Å². The van der Waals surface area contributed by atoms with Gasteiger partial charge < -0.3 is 10.2 Å². The van der Waals surface area contributed by atoms with Crippen LogP contribution >= 0.6 is 46.6 Å². The normalized spacial score (nSPS) is 11.6. The van der Waals surface area contributed by atoms with Gasteiger partial charge in [0, 0.05) is 40.8 Å². The minimum Gasteiger partial charge on any atom is -0.357 e. The molecule has 0 aliphatic rings. The summed E-state index contributed by atoms with van der Waals surface area (Å²) in [4.78, 5) is 28.0. The van der Waals surface area contributed by atoms with Crippen molar-refractivity contribution in [2.75, 3.05) is 12.8 Å². The van der Waals surface area contributed by atoms with Crippen LogP contribution in [0.15, 0.2) is 72.8 Å². The van der Waals surface area contributed by atoms with E-state index in [1.54, 1.807) is 30.1 Å². The Balaban J connectivity index is 1.81. The van der Waals surface area contributed by atoms with E-state index in [4.69, 9.17) is 34.8 Å². The topological polar surface area (TPSA) is 49.4 Å². The molecular formula is C26H25Cl3N2O2S. The van der Waals surface area contributed by atoms with Crippen molar-refractivity contribution in [1.29, 1.82) is 0 Å². The van der Waals surface area contributed by atoms with Crippen LogP contribution in [-0.4, -0.2) is 35.6 Å². The van der Waals surface area contributed by atoms with E-state index in [1.807, 2.05) is 54.6 Å². The number of nitrogens with zero attached hydrogens (tertiary/aromatic N) is 1. The number of carbonyl (C=O) groups is 2. The highest BCUT2D eigenvalue weighted by molar-refractivity contribution is 7.99. The Morgan fingerprint density at radius 3 is 2.29 bits per heavy atom. The highest BCUT2D eigenvalue weighted by atomic mass is 35.5. The number of rotatable bonds is 10. The quantitative estimate of drug-likeness (QED) is 0.333. The highest BCUT2D eigenvalue weighted by Gasteiger charge is 2.29. The minimum atomic E-state index is -0.668. The van der Waals surface area contributed by atoms with E-state index >= 15 is 0 Å². The Morgan fingerprint density at radius 2 is 1.62 bits per heavy atom. The summed E-state index contributed by atoms with van der Waals surface area (Å²) in [5.41, 5.74) is 2.73. The van der Waals surface area contributed by atoms with Crippen molar-refractivity contribution in [2.24, 2.45) is 0 Å². The summed E-state index contributed by atoms with van der Waals surface area (Å²) in [5, 5.41) is 4.43. The van der Waals surface area contributed by atoms with Crippen LogP contribution in [0, 0.1) is 0 Å². The molecule has 1 atom stereocenters. The fourth-order valence-electron chi connectivity index (χ4n) is 3.52. The van der Waals surface area contributed by atoms with Crippen LogP contribution in [-0.2, 0) is 28.3 Å². The van der Waals surface area contributed by atoms with Crippen molar-refractivity contribution in [3.8, 4) is 0 Å². The number of hydrogen-bond donors (Lipinski definition) is 1. The average Bonchev–Trinajstić information content (AvgIpc) is 2.83. The Kier molecular flexibility index (Phi) is 10.1. The average molecular weight is 536 g/mol. The lowest BCUT2D eigenvalue weighted by Gasteiger charge is -2.31. The SMILES string of the molecule is CNC(=O)[C@H](Cc1ccccc1)N(Cc1cccc(Cl)c1)C(=O)CSCc1ccc(Cl)cc1Cl. The van der Waals surface area contributed by atoms with E-state index in [1.165, 1.54) is 11.8 Å². The zero-order valence-electron chi connectivity index (χ0n) is 18.6. The summed E-state index contributed by atoms with van der Waals surface area (Å²) in [6, 6.07) is 21.7. The molecule has 0 saturated heterocycles. The minimum absolute atomic E-state index is 0.139. The molecule has 0 spiro atoms. The second kappa shape index (κ2) is 13.1. The number of nitrogens with one attached hydrogen (secondary N) is 1. The first kappa shape index (κ1) is 26.4. The van der Waals surface area contributed by atoms with Crippen molar-refractivity contribution < 1.29 is 9.59 Å². The maximum atomic E-state index is 13.5. The van der Waals surface area contributed by atoms with Gasteiger partial charge in [-0.1, -0.05) is 83.3 Å². The second-order valence-corrected chi connectivity index (χ2v) is 9.97. The lowest BCUT2D eigenvalue weighted by Crippen LogP contribution is -2.50. The summed E-state index contributed by atoms with van der Waals surface area (Å²) in [6.07, 6.45) is 0.403. The van der Waals surface area contributed by atoms with Crippen LogP contribution in [0.4, 0.5) is 0 Å². The molecule has 0 radical (unpaired) electrons. The van der Waals surface area contributed by atoms with Gasteiger partial charge in [0.2, 0.25) is 11.8 Å². The Morgan fingerprint density at radius 1 is 0.912 bits per heavy atom. The van der Waals surface area contributed by atoms with E-state index in [0.29, 0.717) is 27.2 Å². The Labute approximate surface area is 219 Å². The first-order valence-corrected chi connectivity index (χ1v) is 13.0. The largest absolute Gasteiger partial charge is 0.357 e. The third kappa shape index (κ3) is 7.67. The molecule has 3 aromatic carbocycles. The summed E-state index contributed by atoms with van der Waals surface area (Å²) < 4.78 is 0. The van der Waals surface area contributed by atoms with Gasteiger partial charge in [0.05, 0.1) is 5.75 Å². The van der Waals surface area contributed by atoms with Crippen molar-refractivity contribution in [2.45, 2.75) is 24.8 Å². The molecule has 0 fully saturated rings. The molecular weight excluding hydrogens is 511 g/mol. The molecule has 0 aliphatic heterocycles. The van der Waals surface area contributed by atoms with Gasteiger partial charge in [-0.2, -0.15) is 0 Å². The van der Waals surface area contributed by atoms with Crippen molar-refractivity contribution >= 4 is 58.4 Å². The van der Waals surface area contributed by atoms with Gasteiger partial charge >= 0.3 is 0 Å². The van der Waals surface area contributed by atoms with Gasteiger partial charge in [-0.15, -0.1) is 11.8 Å². The third-order valence-corrected chi connectivity index (χ3v) is 7.05.